The zero-order chi connectivity index (χ0) is 16.1. The average molecular weight is 353 g/mol. The second-order valence-electron chi connectivity index (χ2n) is 5.64. The number of halogens is 1. The summed E-state index contributed by atoms with van der Waals surface area (Å²) in [5, 5.41) is 13.5. The van der Waals surface area contributed by atoms with Crippen LogP contribution in [0.5, 0.6) is 0 Å². The number of benzene rings is 1. The molecule has 1 aromatic heterocycles. The molecular formula is C16H21ClN4OS. The SMILES string of the molecule is CNCc1nnc(SC[C@H]2CCCOC2)n1-c1cccc(Cl)c1. The lowest BCUT2D eigenvalue weighted by atomic mass is 10.1. The van der Waals surface area contributed by atoms with Crippen molar-refractivity contribution in [3.05, 3.63) is 35.1 Å². The summed E-state index contributed by atoms with van der Waals surface area (Å²) >= 11 is 7.89. The fourth-order valence-electron chi connectivity index (χ4n) is 2.67. The van der Waals surface area contributed by atoms with Gasteiger partial charge in [0.25, 0.3) is 0 Å². The molecule has 0 amide bonds. The highest BCUT2D eigenvalue weighted by Crippen LogP contribution is 2.27. The van der Waals surface area contributed by atoms with Crippen LogP contribution in [0.25, 0.3) is 5.69 Å². The number of nitrogens with one attached hydrogen (secondary N) is 1. The number of nitrogens with zero attached hydrogens (tertiary/aromatic N) is 3. The molecule has 1 aliphatic heterocycles. The second-order valence-corrected chi connectivity index (χ2v) is 7.06. The van der Waals surface area contributed by atoms with Crippen molar-refractivity contribution in [3.63, 3.8) is 0 Å². The van der Waals surface area contributed by atoms with Crippen LogP contribution >= 0.6 is 23.4 Å². The van der Waals surface area contributed by atoms with Crippen molar-refractivity contribution in [2.75, 3.05) is 26.0 Å². The normalized spacial score (nSPS) is 18.3. The summed E-state index contributed by atoms with van der Waals surface area (Å²) in [5.74, 6) is 2.47. The Bertz CT molecular complexity index is 643. The maximum atomic E-state index is 6.15. The zero-order valence-corrected chi connectivity index (χ0v) is 14.7. The van der Waals surface area contributed by atoms with Crippen molar-refractivity contribution in [2.45, 2.75) is 24.5 Å². The van der Waals surface area contributed by atoms with Gasteiger partial charge in [0.15, 0.2) is 11.0 Å². The van der Waals surface area contributed by atoms with E-state index in [9.17, 15) is 0 Å². The monoisotopic (exact) mass is 352 g/mol. The van der Waals surface area contributed by atoms with E-state index in [1.165, 1.54) is 6.42 Å². The van der Waals surface area contributed by atoms with Crippen molar-refractivity contribution >= 4 is 23.4 Å². The molecule has 2 heterocycles. The number of ether oxygens (including phenoxy) is 1. The van der Waals surface area contributed by atoms with Crippen LogP contribution in [0, 0.1) is 5.92 Å². The molecule has 1 atom stereocenters. The van der Waals surface area contributed by atoms with E-state index in [0.717, 1.165) is 42.1 Å². The van der Waals surface area contributed by atoms with E-state index in [2.05, 4.69) is 20.1 Å². The molecule has 7 heteroatoms. The van der Waals surface area contributed by atoms with E-state index in [4.69, 9.17) is 16.3 Å². The lowest BCUT2D eigenvalue weighted by Gasteiger charge is -2.21. The molecule has 124 valence electrons. The van der Waals surface area contributed by atoms with E-state index >= 15 is 0 Å². The largest absolute Gasteiger partial charge is 0.381 e. The van der Waals surface area contributed by atoms with Crippen LogP contribution in [-0.4, -0.2) is 40.8 Å². The molecule has 2 aromatic rings. The number of hydrogen-bond acceptors (Lipinski definition) is 5. The van der Waals surface area contributed by atoms with Crippen LogP contribution in [0.1, 0.15) is 18.7 Å². The Labute approximate surface area is 145 Å². The summed E-state index contributed by atoms with van der Waals surface area (Å²) in [7, 11) is 1.91. The van der Waals surface area contributed by atoms with Crippen LogP contribution in [0.3, 0.4) is 0 Å². The summed E-state index contributed by atoms with van der Waals surface area (Å²) in [6.45, 7) is 2.40. The Morgan fingerprint density at radius 3 is 3.09 bits per heavy atom. The highest BCUT2D eigenvalue weighted by molar-refractivity contribution is 7.99. The molecule has 1 aliphatic rings. The highest BCUT2D eigenvalue weighted by atomic mass is 35.5. The van der Waals surface area contributed by atoms with Gasteiger partial charge in [-0.15, -0.1) is 10.2 Å². The second kappa shape index (κ2) is 8.15. The summed E-state index contributed by atoms with van der Waals surface area (Å²) in [4.78, 5) is 0. The Morgan fingerprint density at radius 2 is 2.35 bits per heavy atom. The van der Waals surface area contributed by atoms with Gasteiger partial charge in [0.2, 0.25) is 0 Å². The molecule has 0 unspecified atom stereocenters. The first-order valence-corrected chi connectivity index (χ1v) is 9.19. The Kier molecular flexibility index (Phi) is 5.94. The Morgan fingerprint density at radius 1 is 1.43 bits per heavy atom. The minimum absolute atomic E-state index is 0.589. The van der Waals surface area contributed by atoms with Crippen LogP contribution in [0.4, 0.5) is 0 Å². The smallest absolute Gasteiger partial charge is 0.195 e. The van der Waals surface area contributed by atoms with E-state index < -0.39 is 0 Å². The first-order valence-electron chi connectivity index (χ1n) is 7.83. The summed E-state index contributed by atoms with van der Waals surface area (Å²) in [6, 6.07) is 7.80. The van der Waals surface area contributed by atoms with Crippen LogP contribution < -0.4 is 5.32 Å². The van der Waals surface area contributed by atoms with Crippen molar-refractivity contribution < 1.29 is 4.74 Å². The zero-order valence-electron chi connectivity index (χ0n) is 13.2. The predicted molar refractivity (Wildman–Crippen MR) is 93.4 cm³/mol. The standard InChI is InChI=1S/C16H21ClN4OS/c1-18-9-15-19-20-16(23-11-12-4-3-7-22-10-12)21(15)14-6-2-5-13(17)8-14/h2,5-6,8,12,18H,3-4,7,9-11H2,1H3/t12-/m0/s1. The average Bonchev–Trinajstić information content (AvgIpc) is 2.97. The summed E-state index contributed by atoms with van der Waals surface area (Å²) in [6.07, 6.45) is 2.37. The maximum Gasteiger partial charge on any atom is 0.195 e. The van der Waals surface area contributed by atoms with Crippen LogP contribution in [0.15, 0.2) is 29.4 Å². The fourth-order valence-corrected chi connectivity index (χ4v) is 3.94. The molecule has 0 bridgehead atoms. The number of hydrogen-bond donors (Lipinski definition) is 1. The number of aromatic nitrogens is 3. The minimum Gasteiger partial charge on any atom is -0.381 e. The van der Waals surface area contributed by atoms with Gasteiger partial charge in [-0.3, -0.25) is 4.57 Å². The van der Waals surface area contributed by atoms with Gasteiger partial charge in [-0.05, 0) is 44.0 Å². The molecule has 3 rings (SSSR count). The van der Waals surface area contributed by atoms with Crippen LogP contribution in [-0.2, 0) is 11.3 Å². The topological polar surface area (TPSA) is 52.0 Å². The van der Waals surface area contributed by atoms with Gasteiger partial charge in [0.1, 0.15) is 0 Å². The van der Waals surface area contributed by atoms with Gasteiger partial charge in [0, 0.05) is 17.4 Å². The quantitative estimate of drug-likeness (QED) is 0.809. The van der Waals surface area contributed by atoms with Crippen LogP contribution in [0.2, 0.25) is 5.02 Å². The van der Waals surface area contributed by atoms with Crippen molar-refractivity contribution in [3.8, 4) is 5.69 Å². The maximum absolute atomic E-state index is 6.15. The molecule has 23 heavy (non-hydrogen) atoms. The lowest BCUT2D eigenvalue weighted by molar-refractivity contribution is 0.0632. The van der Waals surface area contributed by atoms with Gasteiger partial charge in [-0.2, -0.15) is 0 Å². The van der Waals surface area contributed by atoms with Gasteiger partial charge in [-0.25, -0.2) is 0 Å². The van der Waals surface area contributed by atoms with Crippen molar-refractivity contribution in [2.24, 2.45) is 5.92 Å². The third-order valence-corrected chi connectivity index (χ3v) is 5.20. The molecular weight excluding hydrogens is 332 g/mol. The lowest BCUT2D eigenvalue weighted by Crippen LogP contribution is -2.19. The van der Waals surface area contributed by atoms with E-state index in [0.29, 0.717) is 17.5 Å². The first-order chi connectivity index (χ1) is 11.3. The molecule has 1 N–H and O–H groups in total. The van der Waals surface area contributed by atoms with Crippen molar-refractivity contribution in [1.29, 1.82) is 0 Å². The third-order valence-electron chi connectivity index (χ3n) is 3.80. The predicted octanol–water partition coefficient (Wildman–Crippen LogP) is 3.16. The van der Waals surface area contributed by atoms with Gasteiger partial charge in [-0.1, -0.05) is 29.4 Å². The van der Waals surface area contributed by atoms with Gasteiger partial charge < -0.3 is 10.1 Å². The van der Waals surface area contributed by atoms with Gasteiger partial charge >= 0.3 is 0 Å². The molecule has 5 nitrogen and oxygen atoms in total. The molecule has 0 radical (unpaired) electrons. The Hall–Kier alpha value is -1.08. The summed E-state index contributed by atoms with van der Waals surface area (Å²) in [5.41, 5.74) is 0.996. The molecule has 1 fully saturated rings. The molecule has 0 saturated carbocycles. The van der Waals surface area contributed by atoms with Gasteiger partial charge in [0.05, 0.1) is 18.8 Å². The molecule has 1 saturated heterocycles. The fraction of sp³-hybridized carbons (Fsp3) is 0.500. The number of thioether (sulfide) groups is 1. The van der Waals surface area contributed by atoms with Crippen molar-refractivity contribution in [1.82, 2.24) is 20.1 Å². The first kappa shape index (κ1) is 16.8. The van der Waals surface area contributed by atoms with E-state index in [-0.39, 0.29) is 0 Å². The molecule has 0 aliphatic carbocycles. The summed E-state index contributed by atoms with van der Waals surface area (Å²) < 4.78 is 7.64. The molecule has 0 spiro atoms. The molecule has 1 aromatic carbocycles. The highest BCUT2D eigenvalue weighted by Gasteiger charge is 2.18. The van der Waals surface area contributed by atoms with E-state index in [1.807, 2.05) is 31.3 Å². The third kappa shape index (κ3) is 4.26. The van der Waals surface area contributed by atoms with E-state index in [1.54, 1.807) is 11.8 Å². The minimum atomic E-state index is 0.589. The Balaban J connectivity index is 1.81. The number of rotatable bonds is 6.